The normalized spacial score (nSPS) is 16.8. The number of hydrogen-bond donors (Lipinski definition) is 1. The van der Waals surface area contributed by atoms with Gasteiger partial charge < -0.3 is 14.8 Å². The number of benzene rings is 1. The lowest BCUT2D eigenvalue weighted by Gasteiger charge is -2.26. The maximum absolute atomic E-state index is 12.9. The summed E-state index contributed by atoms with van der Waals surface area (Å²) in [5.74, 6) is 0.373. The maximum atomic E-state index is 12.9. The standard InChI is InChI=1S/C15H12F3N5O2/c16-15(17,18)14-21-20-13-6-5-12(22-23(13)14)19-7-9-8-24-10-3-1-2-4-11(10)25-9/h1-6,9H,7-8H2,(H,19,22)/t9-/m0/s1. The minimum absolute atomic E-state index is 0.0176. The summed E-state index contributed by atoms with van der Waals surface area (Å²) in [7, 11) is 0. The van der Waals surface area contributed by atoms with Crippen molar-refractivity contribution < 1.29 is 22.6 Å². The zero-order valence-corrected chi connectivity index (χ0v) is 12.7. The van der Waals surface area contributed by atoms with E-state index in [2.05, 4.69) is 20.6 Å². The largest absolute Gasteiger partial charge is 0.486 e. The SMILES string of the molecule is FC(F)(F)c1nnc2ccc(NC[C@H]3COc4ccccc4O3)nn12. The first kappa shape index (κ1) is 15.5. The number of halogens is 3. The Morgan fingerprint density at radius 3 is 2.72 bits per heavy atom. The third-order valence-corrected chi connectivity index (χ3v) is 3.59. The molecule has 3 aromatic rings. The van der Waals surface area contributed by atoms with Crippen LogP contribution in [0.2, 0.25) is 0 Å². The van der Waals surface area contributed by atoms with Crippen molar-refractivity contribution in [1.29, 1.82) is 0 Å². The monoisotopic (exact) mass is 351 g/mol. The molecule has 0 aliphatic carbocycles. The molecule has 0 bridgehead atoms. The third kappa shape index (κ3) is 3.02. The Balaban J connectivity index is 1.48. The first-order valence-electron chi connectivity index (χ1n) is 7.43. The Kier molecular flexibility index (Phi) is 3.59. The summed E-state index contributed by atoms with van der Waals surface area (Å²) in [6.45, 7) is 0.642. The molecule has 1 aromatic carbocycles. The average molecular weight is 351 g/mol. The van der Waals surface area contributed by atoms with Crippen LogP contribution in [0.15, 0.2) is 36.4 Å². The summed E-state index contributed by atoms with van der Waals surface area (Å²) in [6, 6.07) is 10.2. The van der Waals surface area contributed by atoms with Crippen LogP contribution < -0.4 is 14.8 Å². The molecule has 0 unspecified atom stereocenters. The molecule has 0 amide bonds. The van der Waals surface area contributed by atoms with Crippen LogP contribution >= 0.6 is 0 Å². The Bertz CT molecular complexity index is 912. The molecule has 7 nitrogen and oxygen atoms in total. The van der Waals surface area contributed by atoms with Gasteiger partial charge in [-0.2, -0.15) is 17.7 Å². The highest BCUT2D eigenvalue weighted by molar-refractivity contribution is 5.45. The maximum Gasteiger partial charge on any atom is 0.453 e. The molecular formula is C15H12F3N5O2. The smallest absolute Gasteiger partial charge is 0.453 e. The van der Waals surface area contributed by atoms with Crippen molar-refractivity contribution in [2.24, 2.45) is 0 Å². The zero-order valence-electron chi connectivity index (χ0n) is 12.7. The van der Waals surface area contributed by atoms with E-state index < -0.39 is 12.0 Å². The Morgan fingerprint density at radius 1 is 1.12 bits per heavy atom. The molecule has 0 saturated carbocycles. The first-order chi connectivity index (χ1) is 12.0. The van der Waals surface area contributed by atoms with Gasteiger partial charge in [-0.1, -0.05) is 12.1 Å². The quantitative estimate of drug-likeness (QED) is 0.781. The van der Waals surface area contributed by atoms with Crippen LogP contribution in [0.1, 0.15) is 5.82 Å². The van der Waals surface area contributed by atoms with Crippen LogP contribution in [-0.2, 0) is 6.18 Å². The van der Waals surface area contributed by atoms with E-state index in [9.17, 15) is 13.2 Å². The fourth-order valence-corrected chi connectivity index (χ4v) is 2.44. The molecule has 1 N–H and O–H groups in total. The fraction of sp³-hybridized carbons (Fsp3) is 0.267. The highest BCUT2D eigenvalue weighted by atomic mass is 19.4. The van der Waals surface area contributed by atoms with Gasteiger partial charge in [0.25, 0.3) is 5.82 Å². The predicted molar refractivity (Wildman–Crippen MR) is 80.6 cm³/mol. The molecule has 0 fully saturated rings. The van der Waals surface area contributed by atoms with Crippen molar-refractivity contribution in [2.75, 3.05) is 18.5 Å². The summed E-state index contributed by atoms with van der Waals surface area (Å²) in [4.78, 5) is 0. The topological polar surface area (TPSA) is 73.6 Å². The Morgan fingerprint density at radius 2 is 1.92 bits per heavy atom. The molecule has 10 heteroatoms. The fourth-order valence-electron chi connectivity index (χ4n) is 2.44. The van der Waals surface area contributed by atoms with E-state index in [4.69, 9.17) is 9.47 Å². The Hall–Kier alpha value is -3.04. The van der Waals surface area contributed by atoms with Crippen LogP contribution in [-0.4, -0.2) is 39.1 Å². The van der Waals surface area contributed by atoms with Crippen LogP contribution in [0.5, 0.6) is 11.5 Å². The molecule has 4 rings (SSSR count). The molecule has 130 valence electrons. The van der Waals surface area contributed by atoms with Gasteiger partial charge in [0.1, 0.15) is 18.5 Å². The molecule has 0 radical (unpaired) electrons. The Labute approximate surface area is 139 Å². The summed E-state index contributed by atoms with van der Waals surface area (Å²) >= 11 is 0. The van der Waals surface area contributed by atoms with E-state index >= 15 is 0 Å². The number of para-hydroxylation sites is 2. The summed E-state index contributed by atoms with van der Waals surface area (Å²) in [6.07, 6.45) is -4.93. The van der Waals surface area contributed by atoms with E-state index in [1.165, 1.54) is 12.1 Å². The van der Waals surface area contributed by atoms with Crippen molar-refractivity contribution in [3.8, 4) is 11.5 Å². The minimum atomic E-state index is -4.63. The minimum Gasteiger partial charge on any atom is -0.486 e. The second-order valence-electron chi connectivity index (χ2n) is 5.39. The van der Waals surface area contributed by atoms with E-state index in [-0.39, 0.29) is 17.6 Å². The van der Waals surface area contributed by atoms with E-state index in [0.29, 0.717) is 29.2 Å². The number of nitrogens with one attached hydrogen (secondary N) is 1. The lowest BCUT2D eigenvalue weighted by atomic mass is 10.2. The number of hydrogen-bond acceptors (Lipinski definition) is 6. The number of alkyl halides is 3. The van der Waals surface area contributed by atoms with Crippen molar-refractivity contribution in [3.05, 3.63) is 42.2 Å². The second kappa shape index (κ2) is 5.80. The van der Waals surface area contributed by atoms with Gasteiger partial charge in [0.05, 0.1) is 6.54 Å². The highest BCUT2D eigenvalue weighted by Gasteiger charge is 2.37. The number of aromatic nitrogens is 4. The van der Waals surface area contributed by atoms with Gasteiger partial charge >= 0.3 is 6.18 Å². The molecule has 3 heterocycles. The average Bonchev–Trinajstić information content (AvgIpc) is 3.03. The lowest BCUT2D eigenvalue weighted by molar-refractivity contribution is -0.146. The van der Waals surface area contributed by atoms with Gasteiger partial charge in [0.15, 0.2) is 17.1 Å². The molecule has 0 spiro atoms. The van der Waals surface area contributed by atoms with Crippen molar-refractivity contribution in [3.63, 3.8) is 0 Å². The van der Waals surface area contributed by atoms with Crippen molar-refractivity contribution in [2.45, 2.75) is 12.3 Å². The van der Waals surface area contributed by atoms with Crippen LogP contribution in [0.3, 0.4) is 0 Å². The van der Waals surface area contributed by atoms with Crippen molar-refractivity contribution in [1.82, 2.24) is 19.8 Å². The van der Waals surface area contributed by atoms with E-state index in [1.807, 2.05) is 12.1 Å². The first-order valence-corrected chi connectivity index (χ1v) is 7.43. The number of ether oxygens (including phenoxy) is 2. The van der Waals surface area contributed by atoms with Gasteiger partial charge in [-0.15, -0.1) is 15.3 Å². The number of fused-ring (bicyclic) bond motifs is 2. The van der Waals surface area contributed by atoms with Gasteiger partial charge in [-0.05, 0) is 24.3 Å². The summed E-state index contributed by atoms with van der Waals surface area (Å²) < 4.78 is 50.7. The van der Waals surface area contributed by atoms with Crippen LogP contribution in [0, 0.1) is 0 Å². The van der Waals surface area contributed by atoms with Gasteiger partial charge in [-0.25, -0.2) is 0 Å². The van der Waals surface area contributed by atoms with Crippen LogP contribution in [0.25, 0.3) is 5.65 Å². The van der Waals surface area contributed by atoms with Crippen LogP contribution in [0.4, 0.5) is 19.0 Å². The second-order valence-corrected chi connectivity index (χ2v) is 5.39. The molecular weight excluding hydrogens is 339 g/mol. The zero-order chi connectivity index (χ0) is 17.4. The van der Waals surface area contributed by atoms with E-state index in [1.54, 1.807) is 12.1 Å². The van der Waals surface area contributed by atoms with Gasteiger partial charge in [-0.3, -0.25) is 0 Å². The molecule has 1 aliphatic rings. The van der Waals surface area contributed by atoms with E-state index in [0.717, 1.165) is 0 Å². The number of rotatable bonds is 3. The molecule has 0 saturated heterocycles. The molecule has 25 heavy (non-hydrogen) atoms. The highest BCUT2D eigenvalue weighted by Crippen LogP contribution is 2.31. The summed E-state index contributed by atoms with van der Waals surface area (Å²) in [5, 5.41) is 13.4. The van der Waals surface area contributed by atoms with Gasteiger partial charge in [0, 0.05) is 0 Å². The third-order valence-electron chi connectivity index (χ3n) is 3.59. The molecule has 1 aliphatic heterocycles. The molecule has 2 aromatic heterocycles. The van der Waals surface area contributed by atoms with Crippen molar-refractivity contribution >= 4 is 11.5 Å². The molecule has 1 atom stereocenters. The predicted octanol–water partition coefficient (Wildman–Crippen LogP) is 2.39. The number of nitrogens with zero attached hydrogens (tertiary/aromatic N) is 4. The lowest BCUT2D eigenvalue weighted by Crippen LogP contribution is -2.35. The number of anilines is 1. The summed E-state index contributed by atoms with van der Waals surface area (Å²) in [5.41, 5.74) is 0.0176. The van der Waals surface area contributed by atoms with Gasteiger partial charge in [0.2, 0.25) is 0 Å².